The monoisotopic (exact) mass is 418 g/mol. The van der Waals surface area contributed by atoms with Crippen LogP contribution in [0.3, 0.4) is 0 Å². The number of nitrogens with two attached hydrogens (primary N) is 1. The Hall–Kier alpha value is -2.46. The molecule has 0 saturated heterocycles. The quantitative estimate of drug-likeness (QED) is 0.407. The summed E-state index contributed by atoms with van der Waals surface area (Å²) in [5.74, 6) is 0.114. The van der Waals surface area contributed by atoms with E-state index in [2.05, 4.69) is 0 Å². The van der Waals surface area contributed by atoms with Crippen LogP contribution in [0.15, 0.2) is 54.6 Å². The van der Waals surface area contributed by atoms with E-state index in [1.165, 1.54) is 51.4 Å². The third-order valence-electron chi connectivity index (χ3n) is 8.38. The SMILES string of the molecule is C[C@H]([NH2+]OC(=O)c1ccc(C(=[O+])C2C34CCCCC23CCCC4)cc1)c1ccccc1. The third kappa shape index (κ3) is 3.32. The van der Waals surface area contributed by atoms with E-state index in [0.29, 0.717) is 11.3 Å². The number of ketones is 1. The van der Waals surface area contributed by atoms with Gasteiger partial charge in [-0.05, 0) is 67.7 Å². The second-order valence-electron chi connectivity index (χ2n) is 9.84. The molecule has 3 aliphatic rings. The number of hydrogen-bond donors (Lipinski definition) is 1. The number of quaternary nitrogens is 1. The van der Waals surface area contributed by atoms with Crippen LogP contribution in [0.1, 0.15) is 90.6 Å². The maximum Gasteiger partial charge on any atom is 0.478 e. The normalized spacial score (nSPS) is 29.9. The molecule has 2 N–H and O–H groups in total. The zero-order valence-electron chi connectivity index (χ0n) is 18.3. The Morgan fingerprint density at radius 3 is 1.97 bits per heavy atom. The number of Topliss-reactive ketones (excluding diaryl/α,β-unsaturated/α-hetero) is 1. The van der Waals surface area contributed by atoms with Gasteiger partial charge in [0.15, 0.2) is 0 Å². The molecule has 2 aromatic rings. The molecule has 0 spiro atoms. The van der Waals surface area contributed by atoms with Crippen LogP contribution in [0, 0.1) is 16.7 Å². The van der Waals surface area contributed by atoms with E-state index in [-0.39, 0.29) is 28.8 Å². The first-order chi connectivity index (χ1) is 15.1. The van der Waals surface area contributed by atoms with Crippen molar-refractivity contribution in [2.45, 2.75) is 64.3 Å². The van der Waals surface area contributed by atoms with Crippen LogP contribution >= 0.6 is 0 Å². The highest BCUT2D eigenvalue weighted by atomic mass is 16.7. The van der Waals surface area contributed by atoms with Gasteiger partial charge < -0.3 is 0 Å². The fraction of sp³-hybridized carbons (Fsp3) is 0.481. The molecule has 0 aromatic heterocycles. The van der Waals surface area contributed by atoms with Gasteiger partial charge in [-0.1, -0.05) is 56.0 Å². The van der Waals surface area contributed by atoms with E-state index in [0.717, 1.165) is 11.1 Å². The van der Waals surface area contributed by atoms with Crippen molar-refractivity contribution < 1.29 is 19.9 Å². The van der Waals surface area contributed by atoms with Gasteiger partial charge in [0.2, 0.25) is 4.79 Å². The summed E-state index contributed by atoms with van der Waals surface area (Å²) in [5.41, 5.74) is 4.46. The van der Waals surface area contributed by atoms with Gasteiger partial charge >= 0.3 is 11.8 Å². The molecule has 5 rings (SSSR count). The summed E-state index contributed by atoms with van der Waals surface area (Å²) < 4.78 is 0. The molecule has 0 bridgehead atoms. The van der Waals surface area contributed by atoms with E-state index in [1.54, 1.807) is 17.6 Å². The fourth-order valence-electron chi connectivity index (χ4n) is 6.83. The summed E-state index contributed by atoms with van der Waals surface area (Å²) >= 11 is 0. The van der Waals surface area contributed by atoms with Crippen molar-refractivity contribution in [3.8, 4) is 0 Å². The van der Waals surface area contributed by atoms with Crippen LogP contribution in [0.2, 0.25) is 0 Å². The van der Waals surface area contributed by atoms with Gasteiger partial charge in [-0.15, -0.1) is 5.48 Å². The minimum absolute atomic E-state index is 0.0195. The van der Waals surface area contributed by atoms with Crippen molar-refractivity contribution >= 4 is 11.8 Å². The zero-order chi connectivity index (χ0) is 21.5. The number of carbonyl (C=O) groups is 2. The number of rotatable bonds is 6. The summed E-state index contributed by atoms with van der Waals surface area (Å²) in [7, 11) is 0. The van der Waals surface area contributed by atoms with Crippen molar-refractivity contribution in [2.75, 3.05) is 0 Å². The predicted molar refractivity (Wildman–Crippen MR) is 118 cm³/mol. The van der Waals surface area contributed by atoms with Crippen molar-refractivity contribution in [1.82, 2.24) is 0 Å². The lowest BCUT2D eigenvalue weighted by atomic mass is 9.71. The van der Waals surface area contributed by atoms with Crippen LogP contribution in [0.4, 0.5) is 0 Å². The molecule has 3 saturated carbocycles. The zero-order valence-corrected chi connectivity index (χ0v) is 18.3. The molecule has 2 aromatic carbocycles. The van der Waals surface area contributed by atoms with Crippen molar-refractivity contribution in [3.05, 3.63) is 71.3 Å². The molecule has 1 radical (unpaired) electrons. The second kappa shape index (κ2) is 7.90. The fourth-order valence-corrected chi connectivity index (χ4v) is 6.83. The predicted octanol–water partition coefficient (Wildman–Crippen LogP) is 5.02. The summed E-state index contributed by atoms with van der Waals surface area (Å²) in [4.78, 5) is 31.3. The van der Waals surface area contributed by atoms with Crippen LogP contribution in [-0.2, 0) is 4.84 Å². The lowest BCUT2D eigenvalue weighted by Crippen LogP contribution is -2.84. The molecule has 0 aliphatic heterocycles. The first-order valence-corrected chi connectivity index (χ1v) is 11.8. The van der Waals surface area contributed by atoms with Gasteiger partial charge in [-0.3, -0.25) is 4.84 Å². The topological polar surface area (TPSA) is 62.8 Å². The van der Waals surface area contributed by atoms with E-state index in [9.17, 15) is 9.59 Å². The largest absolute Gasteiger partial charge is 0.478 e. The molecule has 161 valence electrons. The van der Waals surface area contributed by atoms with E-state index >= 15 is 0 Å². The highest BCUT2D eigenvalue weighted by Crippen LogP contribution is 2.81. The van der Waals surface area contributed by atoms with Crippen LogP contribution in [-0.4, -0.2) is 11.8 Å². The Morgan fingerprint density at radius 1 is 0.903 bits per heavy atom. The first kappa shape index (κ1) is 20.4. The van der Waals surface area contributed by atoms with Crippen molar-refractivity contribution in [3.63, 3.8) is 0 Å². The highest BCUT2D eigenvalue weighted by molar-refractivity contribution is 6.02. The molecular formula is C27H32NO3+2. The molecular weight excluding hydrogens is 386 g/mol. The van der Waals surface area contributed by atoms with Gasteiger partial charge in [-0.2, -0.15) is 0 Å². The molecule has 0 heterocycles. The van der Waals surface area contributed by atoms with E-state index in [1.807, 2.05) is 49.4 Å². The molecule has 31 heavy (non-hydrogen) atoms. The lowest BCUT2D eigenvalue weighted by Gasteiger charge is -2.33. The Morgan fingerprint density at radius 2 is 1.42 bits per heavy atom. The average Bonchev–Trinajstić information content (AvgIpc) is 3.47. The number of hydroxylamine groups is 1. The number of carbonyl (C=O) groups excluding carboxylic acids is 2. The van der Waals surface area contributed by atoms with Crippen molar-refractivity contribution in [2.24, 2.45) is 16.7 Å². The molecule has 0 amide bonds. The molecule has 0 unspecified atom stereocenters. The summed E-state index contributed by atoms with van der Waals surface area (Å²) in [6.45, 7) is 2.00. The summed E-state index contributed by atoms with van der Waals surface area (Å²) in [5, 5.41) is 0. The molecule has 4 heteroatoms. The van der Waals surface area contributed by atoms with Gasteiger partial charge in [0.05, 0.1) is 11.1 Å². The molecule has 3 aliphatic carbocycles. The maximum absolute atomic E-state index is 13.5. The lowest BCUT2D eigenvalue weighted by molar-refractivity contribution is -0.898. The Kier molecular flexibility index (Phi) is 5.21. The van der Waals surface area contributed by atoms with Gasteiger partial charge in [0.1, 0.15) is 12.0 Å². The summed E-state index contributed by atoms with van der Waals surface area (Å²) in [6, 6.07) is 17.1. The third-order valence-corrected chi connectivity index (χ3v) is 8.38. The van der Waals surface area contributed by atoms with E-state index < -0.39 is 0 Å². The molecule has 3 fully saturated rings. The Balaban J connectivity index is 1.24. The summed E-state index contributed by atoms with van der Waals surface area (Å²) in [6.07, 6.45) is 9.99. The minimum Gasteiger partial charge on any atom is -0.274 e. The maximum atomic E-state index is 13.5. The van der Waals surface area contributed by atoms with Crippen LogP contribution < -0.4 is 5.48 Å². The number of hydrogen-bond acceptors (Lipinski definition) is 3. The first-order valence-electron chi connectivity index (χ1n) is 11.8. The van der Waals surface area contributed by atoms with Gasteiger partial charge in [0.25, 0.3) is 0 Å². The van der Waals surface area contributed by atoms with Gasteiger partial charge in [0, 0.05) is 5.56 Å². The smallest absolute Gasteiger partial charge is 0.274 e. The Bertz CT molecular complexity index is 932. The average molecular weight is 419 g/mol. The van der Waals surface area contributed by atoms with Crippen LogP contribution in [0.25, 0.3) is 0 Å². The van der Waals surface area contributed by atoms with Gasteiger partial charge in [-0.25, -0.2) is 4.79 Å². The molecule has 4 nitrogen and oxygen atoms in total. The Labute approximate surface area is 184 Å². The minimum atomic E-state index is -0.382. The molecule has 1 atom stereocenters. The standard InChI is InChI=1S/C27H31NO3/c1-19(20-9-3-2-4-10-20)28-31-25(30)22-13-11-21(12-14-22)23(29)24-26-15-5-6-16-27(24,26)18-8-7-17-26/h2-4,9-14,19,24,28H,5-8,15-18H2,1H3/q+1/p+1/t19-,24?,26?,27?/m0/s1. The van der Waals surface area contributed by atoms with E-state index in [4.69, 9.17) is 4.84 Å². The van der Waals surface area contributed by atoms with Crippen molar-refractivity contribution in [1.29, 1.82) is 0 Å². The second-order valence-corrected chi connectivity index (χ2v) is 9.84. The number of benzene rings is 2. The highest BCUT2D eigenvalue weighted by Gasteiger charge is 2.81. The van der Waals surface area contributed by atoms with Crippen LogP contribution in [0.5, 0.6) is 0 Å².